The lowest BCUT2D eigenvalue weighted by molar-refractivity contribution is -0.355. The fourth-order valence-electron chi connectivity index (χ4n) is 5.56. The van der Waals surface area contributed by atoms with E-state index in [4.69, 9.17) is 28.4 Å². The summed E-state index contributed by atoms with van der Waals surface area (Å²) in [5.74, 6) is -1.12. The van der Waals surface area contributed by atoms with Crippen LogP contribution < -0.4 is 0 Å². The first-order valence-corrected chi connectivity index (χ1v) is 11.7. The molecule has 0 aromatic heterocycles. The largest absolute Gasteiger partial charge is 0.472 e. The van der Waals surface area contributed by atoms with Gasteiger partial charge in [-0.3, -0.25) is 0 Å². The molecule has 206 valence electrons. The number of hydrogen-bond donors (Lipinski definition) is 9. The lowest BCUT2D eigenvalue weighted by Crippen LogP contribution is -2.62. The van der Waals surface area contributed by atoms with E-state index in [0.717, 1.165) is 0 Å². The Morgan fingerprint density at radius 2 is 1.36 bits per heavy atom. The van der Waals surface area contributed by atoms with Crippen molar-refractivity contribution in [3.05, 3.63) is 12.3 Å². The molecule has 0 spiro atoms. The minimum atomic E-state index is -1.74. The minimum absolute atomic E-state index is 0.405. The molecule has 3 saturated heterocycles. The second kappa shape index (κ2) is 9.94. The van der Waals surface area contributed by atoms with Crippen molar-refractivity contribution in [1.82, 2.24) is 0 Å². The number of aliphatic hydroxyl groups is 9. The van der Waals surface area contributed by atoms with Crippen molar-refractivity contribution in [3.63, 3.8) is 0 Å². The zero-order chi connectivity index (χ0) is 25.9. The first kappa shape index (κ1) is 26.6. The molecule has 15 heteroatoms. The van der Waals surface area contributed by atoms with E-state index in [-0.39, 0.29) is 0 Å². The third kappa shape index (κ3) is 4.17. The summed E-state index contributed by atoms with van der Waals surface area (Å²) in [5.41, 5.74) is -1.09. The van der Waals surface area contributed by atoms with Crippen LogP contribution >= 0.6 is 0 Å². The molecule has 16 atom stereocenters. The molecule has 1 saturated carbocycles. The molecule has 0 unspecified atom stereocenters. The average molecular weight is 524 g/mol. The molecule has 0 amide bonds. The van der Waals surface area contributed by atoms with Crippen LogP contribution in [0.1, 0.15) is 0 Å². The van der Waals surface area contributed by atoms with E-state index >= 15 is 0 Å². The molecule has 36 heavy (non-hydrogen) atoms. The average Bonchev–Trinajstić information content (AvgIpc) is 3.57. The molecule has 0 radical (unpaired) electrons. The predicted octanol–water partition coefficient (Wildman–Crippen LogP) is -5.77. The topological polar surface area (TPSA) is 241 Å². The van der Waals surface area contributed by atoms with Crippen molar-refractivity contribution in [2.24, 2.45) is 11.8 Å². The molecule has 0 bridgehead atoms. The van der Waals surface area contributed by atoms with Gasteiger partial charge in [-0.1, -0.05) is 0 Å². The van der Waals surface area contributed by atoms with E-state index in [1.54, 1.807) is 6.08 Å². The van der Waals surface area contributed by atoms with Gasteiger partial charge in [0, 0.05) is 5.92 Å². The van der Waals surface area contributed by atoms with E-state index in [1.807, 2.05) is 0 Å². The monoisotopic (exact) mass is 524 g/mol. The third-order valence-electron chi connectivity index (χ3n) is 7.72. The first-order chi connectivity index (χ1) is 17.1. The van der Waals surface area contributed by atoms with E-state index in [0.29, 0.717) is 0 Å². The third-order valence-corrected chi connectivity index (χ3v) is 7.72. The van der Waals surface area contributed by atoms with Crippen LogP contribution in [-0.2, 0) is 28.4 Å². The number of ether oxygens (including phenoxy) is 6. The van der Waals surface area contributed by atoms with Gasteiger partial charge in [-0.25, -0.2) is 0 Å². The smallest absolute Gasteiger partial charge is 0.208 e. The summed E-state index contributed by atoms with van der Waals surface area (Å²) in [6, 6.07) is 0. The van der Waals surface area contributed by atoms with Gasteiger partial charge < -0.3 is 74.4 Å². The standard InChI is InChI=1S/C21H32O15/c22-3-7-11(25)13(27)15(29)19(33-7)32-4-8-12(26)14(28)16(30)20(34-8)35-18-9-6(1-2-31-18)10(24)17-21(9,5-23)36-17/h1-2,6-20,22-30H,3-5H2/t6-,7+,8+,9-,10-,11+,12-,13-,14-,15-,16+,17+,18-,19-,20+,21-/m0/s1. The Labute approximate surface area is 204 Å². The summed E-state index contributed by atoms with van der Waals surface area (Å²) in [7, 11) is 0. The van der Waals surface area contributed by atoms with Crippen LogP contribution in [0.5, 0.6) is 0 Å². The van der Waals surface area contributed by atoms with E-state index in [1.165, 1.54) is 6.26 Å². The predicted molar refractivity (Wildman–Crippen MR) is 109 cm³/mol. The molecule has 15 nitrogen and oxygen atoms in total. The number of fused-ring (bicyclic) bond motifs is 3. The van der Waals surface area contributed by atoms with Crippen LogP contribution in [0.4, 0.5) is 0 Å². The van der Waals surface area contributed by atoms with Crippen molar-refractivity contribution >= 4 is 0 Å². The van der Waals surface area contributed by atoms with E-state index < -0.39 is 117 Å². The Kier molecular flexibility index (Phi) is 7.34. The Hall–Kier alpha value is -1.02. The molecular weight excluding hydrogens is 492 g/mol. The van der Waals surface area contributed by atoms with Crippen LogP contribution in [-0.4, -0.2) is 151 Å². The molecule has 0 aromatic rings. The molecule has 0 aromatic carbocycles. The Morgan fingerprint density at radius 1 is 0.722 bits per heavy atom. The molecule has 5 rings (SSSR count). The fourth-order valence-corrected chi connectivity index (χ4v) is 5.56. The summed E-state index contributed by atoms with van der Waals surface area (Å²) in [6.45, 7) is -1.59. The maximum Gasteiger partial charge on any atom is 0.208 e. The number of epoxide rings is 1. The van der Waals surface area contributed by atoms with Gasteiger partial charge >= 0.3 is 0 Å². The Bertz CT molecular complexity index is 812. The highest BCUT2D eigenvalue weighted by Gasteiger charge is 2.75. The highest BCUT2D eigenvalue weighted by atomic mass is 16.8. The molecule has 1 aliphatic carbocycles. The molecule has 4 aliphatic heterocycles. The summed E-state index contributed by atoms with van der Waals surface area (Å²) in [4.78, 5) is 0. The van der Waals surface area contributed by atoms with Crippen LogP contribution in [0.25, 0.3) is 0 Å². The zero-order valence-corrected chi connectivity index (χ0v) is 18.9. The summed E-state index contributed by atoms with van der Waals surface area (Å²) in [6.07, 6.45) is -15.4. The van der Waals surface area contributed by atoms with Gasteiger partial charge in [-0.05, 0) is 6.08 Å². The first-order valence-electron chi connectivity index (χ1n) is 11.7. The second-order valence-electron chi connectivity index (χ2n) is 9.76. The van der Waals surface area contributed by atoms with Crippen molar-refractivity contribution in [1.29, 1.82) is 0 Å². The van der Waals surface area contributed by atoms with Gasteiger partial charge in [0.1, 0.15) is 60.5 Å². The second-order valence-corrected chi connectivity index (χ2v) is 9.76. The highest BCUT2D eigenvalue weighted by molar-refractivity contribution is 5.24. The SMILES string of the molecule is OC[C@H]1O[C@H](OC[C@H]2O[C@H](O[C@@H]3OC=C[C@@H]4[C@H](O)[C@H]5O[C@@]5(CO)[C@H]34)[C@H](O)[C@@H](O)[C@H]2O)[C@@H](O)[C@@H](O)[C@@H]1O. The van der Waals surface area contributed by atoms with E-state index in [2.05, 4.69) is 0 Å². The molecule has 4 heterocycles. The molecule has 4 fully saturated rings. The number of aliphatic hydroxyl groups excluding tert-OH is 9. The van der Waals surface area contributed by atoms with Gasteiger partial charge in [0.15, 0.2) is 12.6 Å². The van der Waals surface area contributed by atoms with Crippen LogP contribution in [0.15, 0.2) is 12.3 Å². The Balaban J connectivity index is 1.25. The van der Waals surface area contributed by atoms with Crippen molar-refractivity contribution in [2.45, 2.75) is 85.5 Å². The maximum absolute atomic E-state index is 10.5. The molecular formula is C21H32O15. The molecule has 5 aliphatic rings. The quantitative estimate of drug-likeness (QED) is 0.141. The van der Waals surface area contributed by atoms with Crippen LogP contribution in [0.2, 0.25) is 0 Å². The number of rotatable bonds is 7. The summed E-state index contributed by atoms with van der Waals surface area (Å²) in [5, 5.41) is 90.8. The highest BCUT2D eigenvalue weighted by Crippen LogP contribution is 2.59. The van der Waals surface area contributed by atoms with Gasteiger partial charge in [0.05, 0.1) is 38.1 Å². The summed E-state index contributed by atoms with van der Waals surface area (Å²) >= 11 is 0. The van der Waals surface area contributed by atoms with Crippen LogP contribution in [0.3, 0.4) is 0 Å². The van der Waals surface area contributed by atoms with Crippen LogP contribution in [0, 0.1) is 11.8 Å². The van der Waals surface area contributed by atoms with Gasteiger partial charge in [0.25, 0.3) is 0 Å². The van der Waals surface area contributed by atoms with Crippen molar-refractivity contribution in [2.75, 3.05) is 19.8 Å². The fraction of sp³-hybridized carbons (Fsp3) is 0.905. The Morgan fingerprint density at radius 3 is 2.03 bits per heavy atom. The van der Waals surface area contributed by atoms with E-state index in [9.17, 15) is 46.0 Å². The number of hydrogen-bond acceptors (Lipinski definition) is 15. The van der Waals surface area contributed by atoms with Gasteiger partial charge in [0.2, 0.25) is 6.29 Å². The lowest BCUT2D eigenvalue weighted by atomic mass is 9.85. The summed E-state index contributed by atoms with van der Waals surface area (Å²) < 4.78 is 33.1. The normalized spacial score (nSPS) is 56.1. The van der Waals surface area contributed by atoms with Crippen molar-refractivity contribution < 1.29 is 74.4 Å². The van der Waals surface area contributed by atoms with Gasteiger partial charge in [-0.15, -0.1) is 0 Å². The molecule has 9 N–H and O–H groups in total. The minimum Gasteiger partial charge on any atom is -0.472 e. The maximum atomic E-state index is 10.5. The van der Waals surface area contributed by atoms with Gasteiger partial charge in [-0.2, -0.15) is 0 Å². The lowest BCUT2D eigenvalue weighted by Gasteiger charge is -2.44. The van der Waals surface area contributed by atoms with Crippen molar-refractivity contribution in [3.8, 4) is 0 Å². The zero-order valence-electron chi connectivity index (χ0n) is 18.9.